The SMILES string of the molecule is O=COOOOO[O-].[K+]. The topological polar surface area (TPSA) is 86.3 Å². The predicted octanol–water partition coefficient (Wildman–Crippen LogP) is -4.83. The summed E-state index contributed by atoms with van der Waals surface area (Å²) in [5.41, 5.74) is 0. The average Bonchev–Trinajstić information content (AvgIpc) is 1.81. The van der Waals surface area contributed by atoms with Crippen molar-refractivity contribution >= 4 is 6.47 Å². The second kappa shape index (κ2) is 11.7. The molecule has 0 unspecified atom stereocenters. The molecule has 0 aromatic carbocycles. The number of hydrogen-bond donors (Lipinski definition) is 0. The molecule has 0 aromatic rings. The molecule has 0 N–H and O–H groups in total. The van der Waals surface area contributed by atoms with Crippen LogP contribution in [0.4, 0.5) is 0 Å². The molecule has 0 amide bonds. The van der Waals surface area contributed by atoms with Crippen LogP contribution in [0.25, 0.3) is 0 Å². The molecule has 0 rings (SSSR count). The molecule has 0 aromatic heterocycles. The monoisotopic (exact) mass is 164 g/mol. The summed E-state index contributed by atoms with van der Waals surface area (Å²) in [4.78, 5) is 12.6. The summed E-state index contributed by atoms with van der Waals surface area (Å²) in [6, 6.07) is 0. The Morgan fingerprint density at radius 1 is 1.22 bits per heavy atom. The van der Waals surface area contributed by atoms with Crippen LogP contribution in [0.5, 0.6) is 0 Å². The van der Waals surface area contributed by atoms with E-state index in [0.717, 1.165) is 0 Å². The van der Waals surface area contributed by atoms with Crippen LogP contribution >= 0.6 is 0 Å². The van der Waals surface area contributed by atoms with E-state index in [-0.39, 0.29) is 57.9 Å². The van der Waals surface area contributed by atoms with E-state index in [0.29, 0.717) is 0 Å². The third-order valence-corrected chi connectivity index (χ3v) is 0.162. The van der Waals surface area contributed by atoms with Gasteiger partial charge in [0.05, 0.1) is 0 Å². The maximum Gasteiger partial charge on any atom is 1.00 e. The first-order chi connectivity index (χ1) is 3.91. The molecule has 0 bridgehead atoms. The van der Waals surface area contributed by atoms with Crippen molar-refractivity contribution in [3.8, 4) is 0 Å². The van der Waals surface area contributed by atoms with Gasteiger partial charge in [-0.2, -0.15) is 0 Å². The van der Waals surface area contributed by atoms with E-state index in [9.17, 15) is 0 Å². The molecule has 0 saturated carbocycles. The Morgan fingerprint density at radius 2 is 1.89 bits per heavy atom. The van der Waals surface area contributed by atoms with Crippen LogP contribution in [-0.4, -0.2) is 6.47 Å². The first-order valence-electron chi connectivity index (χ1n) is 1.30. The number of carbonyl (C=O) groups excluding carboxylic acids is 1. The second-order valence-corrected chi connectivity index (χ2v) is 0.465. The molecule has 0 aliphatic rings. The summed E-state index contributed by atoms with van der Waals surface area (Å²) < 4.78 is 0. The zero-order chi connectivity index (χ0) is 6.24. The van der Waals surface area contributed by atoms with Gasteiger partial charge >= 0.3 is 57.9 Å². The summed E-state index contributed by atoms with van der Waals surface area (Å²) in [5, 5.41) is 21.0. The van der Waals surface area contributed by atoms with E-state index < -0.39 is 0 Å². The summed E-state index contributed by atoms with van der Waals surface area (Å²) in [6.45, 7) is -0.0891. The van der Waals surface area contributed by atoms with Gasteiger partial charge in [0.15, 0.2) is 0 Å². The van der Waals surface area contributed by atoms with E-state index >= 15 is 0 Å². The van der Waals surface area contributed by atoms with Crippen molar-refractivity contribution in [2.75, 3.05) is 0 Å². The molecular weight excluding hydrogens is 163 g/mol. The zero-order valence-electron chi connectivity index (χ0n) is 4.44. The van der Waals surface area contributed by atoms with Crippen molar-refractivity contribution in [1.82, 2.24) is 0 Å². The molecule has 8 heteroatoms. The summed E-state index contributed by atoms with van der Waals surface area (Å²) in [5.74, 6) is 0. The van der Waals surface area contributed by atoms with Crippen LogP contribution in [0.15, 0.2) is 0 Å². The van der Waals surface area contributed by atoms with Gasteiger partial charge in [-0.15, -0.1) is 0 Å². The Morgan fingerprint density at radius 3 is 2.33 bits per heavy atom. The smallest absolute Gasteiger partial charge is 0.689 e. The third kappa shape index (κ3) is 12.2. The van der Waals surface area contributed by atoms with Crippen molar-refractivity contribution in [2.45, 2.75) is 0 Å². The molecule has 7 nitrogen and oxygen atoms in total. The molecule has 0 aliphatic heterocycles. The molecule has 0 heterocycles. The summed E-state index contributed by atoms with van der Waals surface area (Å²) in [6.07, 6.45) is 0. The van der Waals surface area contributed by atoms with Crippen LogP contribution in [-0.2, 0) is 29.8 Å². The minimum Gasteiger partial charge on any atom is -0.689 e. The van der Waals surface area contributed by atoms with E-state index in [2.05, 4.69) is 25.0 Å². The number of hydrogen-bond acceptors (Lipinski definition) is 7. The van der Waals surface area contributed by atoms with Gasteiger partial charge in [-0.25, -0.2) is 0 Å². The van der Waals surface area contributed by atoms with Gasteiger partial charge in [-0.1, -0.05) is 0 Å². The van der Waals surface area contributed by atoms with E-state index in [4.69, 9.17) is 10.1 Å². The molecular formula is CHKO7. The quantitative estimate of drug-likeness (QED) is 0.132. The molecule has 0 aliphatic carbocycles. The molecule has 0 radical (unpaired) electrons. The van der Waals surface area contributed by atoms with Crippen LogP contribution < -0.4 is 56.6 Å². The number of carbonyl (C=O) groups is 1. The van der Waals surface area contributed by atoms with Gasteiger partial charge in [0.2, 0.25) is 0 Å². The van der Waals surface area contributed by atoms with Gasteiger partial charge in [-0.3, -0.25) is 14.7 Å². The van der Waals surface area contributed by atoms with Crippen LogP contribution in [0.1, 0.15) is 0 Å². The fraction of sp³-hybridized carbons (Fsp3) is 0. The Hall–Kier alpha value is 0.906. The largest absolute Gasteiger partial charge is 1.00 e. The molecule has 0 fully saturated rings. The molecule has 0 atom stereocenters. The third-order valence-electron chi connectivity index (χ3n) is 0.162. The van der Waals surface area contributed by atoms with Gasteiger partial charge in [0.1, 0.15) is 0 Å². The Kier molecular flexibility index (Phi) is 16.3. The van der Waals surface area contributed by atoms with Gasteiger partial charge in [-0.05, 0) is 5.04 Å². The number of rotatable bonds is 5. The fourth-order valence-electron chi connectivity index (χ4n) is 0.0548. The summed E-state index contributed by atoms with van der Waals surface area (Å²) >= 11 is 0. The van der Waals surface area contributed by atoms with Crippen LogP contribution in [0, 0.1) is 0 Å². The zero-order valence-corrected chi connectivity index (χ0v) is 7.56. The summed E-state index contributed by atoms with van der Waals surface area (Å²) in [7, 11) is 0. The maximum absolute atomic E-state index is 9.17. The van der Waals surface area contributed by atoms with Gasteiger partial charge in [0, 0.05) is 10.1 Å². The maximum atomic E-state index is 9.17. The first kappa shape index (κ1) is 12.6. The Labute approximate surface area is 91.8 Å². The minimum absolute atomic E-state index is 0. The molecule has 0 spiro atoms. The van der Waals surface area contributed by atoms with E-state index in [1.54, 1.807) is 0 Å². The van der Waals surface area contributed by atoms with E-state index in [1.165, 1.54) is 0 Å². The molecule has 9 heavy (non-hydrogen) atoms. The normalized spacial score (nSPS) is 7.67. The second-order valence-electron chi connectivity index (χ2n) is 0.465. The van der Waals surface area contributed by atoms with Crippen molar-refractivity contribution in [3.63, 3.8) is 0 Å². The van der Waals surface area contributed by atoms with Gasteiger partial charge in [0.25, 0.3) is 0 Å². The predicted molar refractivity (Wildman–Crippen MR) is 11.5 cm³/mol. The standard InChI is InChI=1S/CH2O7.K/c2-1-4-6-8-7-5-3;/h1,3H;/q;+1/p-1. The Balaban J connectivity index is 0. The van der Waals surface area contributed by atoms with Crippen LogP contribution in [0.3, 0.4) is 0 Å². The Bertz CT molecular complexity index is 54.9. The first-order valence-corrected chi connectivity index (χ1v) is 1.30. The van der Waals surface area contributed by atoms with E-state index in [1.807, 2.05) is 0 Å². The van der Waals surface area contributed by atoms with Crippen molar-refractivity contribution in [1.29, 1.82) is 0 Å². The van der Waals surface area contributed by atoms with Crippen molar-refractivity contribution in [2.24, 2.45) is 0 Å². The molecule has 0 saturated heterocycles. The van der Waals surface area contributed by atoms with Gasteiger partial charge < -0.3 is 5.26 Å². The molecule has 48 valence electrons. The van der Waals surface area contributed by atoms with Crippen molar-refractivity contribution in [3.05, 3.63) is 0 Å². The van der Waals surface area contributed by atoms with Crippen LogP contribution in [0.2, 0.25) is 0 Å². The fourth-order valence-corrected chi connectivity index (χ4v) is 0.0548. The van der Waals surface area contributed by atoms with Crippen molar-refractivity contribution < 1.29 is 86.5 Å². The average molecular weight is 164 g/mol. The minimum atomic E-state index is -0.0891.